The Balaban J connectivity index is 1.80. The van der Waals surface area contributed by atoms with Crippen LogP contribution in [0.5, 0.6) is 5.75 Å². The number of ether oxygens (including phenoxy) is 1. The Bertz CT molecular complexity index is 1070. The topological polar surface area (TPSA) is 58.6 Å². The number of benzene rings is 3. The van der Waals surface area contributed by atoms with Gasteiger partial charge in [-0.05, 0) is 49.9 Å². The molecule has 0 saturated carbocycles. The van der Waals surface area contributed by atoms with E-state index in [0.717, 1.165) is 28.9 Å². The summed E-state index contributed by atoms with van der Waals surface area (Å²) in [6.07, 6.45) is 2.16. The van der Waals surface area contributed by atoms with Crippen molar-refractivity contribution < 1.29 is 14.3 Å². The SMILES string of the molecule is CCC(C)NC(=O)C(Cc1ccccc1)N(Cc1ccc(C)cc1)C(=O)CCCOc1ccccc1. The van der Waals surface area contributed by atoms with Crippen molar-refractivity contribution >= 4 is 11.8 Å². The maximum atomic E-state index is 13.6. The quantitative estimate of drug-likeness (QED) is 0.315. The number of aryl methyl sites for hydroxylation is 1. The van der Waals surface area contributed by atoms with Crippen molar-refractivity contribution in [2.45, 2.75) is 65.1 Å². The molecule has 0 fully saturated rings. The van der Waals surface area contributed by atoms with Crippen LogP contribution in [0.2, 0.25) is 0 Å². The highest BCUT2D eigenvalue weighted by Gasteiger charge is 2.30. The van der Waals surface area contributed by atoms with Gasteiger partial charge in [-0.1, -0.05) is 85.3 Å². The average molecular weight is 487 g/mol. The fraction of sp³-hybridized carbons (Fsp3) is 0.355. The van der Waals surface area contributed by atoms with Crippen molar-refractivity contribution in [1.82, 2.24) is 10.2 Å². The van der Waals surface area contributed by atoms with Gasteiger partial charge in [0.15, 0.2) is 0 Å². The molecule has 3 aromatic rings. The van der Waals surface area contributed by atoms with Gasteiger partial charge in [0.1, 0.15) is 11.8 Å². The zero-order valence-corrected chi connectivity index (χ0v) is 21.7. The van der Waals surface area contributed by atoms with E-state index in [1.165, 1.54) is 0 Å². The molecule has 1 N–H and O–H groups in total. The summed E-state index contributed by atoms with van der Waals surface area (Å²) in [5.41, 5.74) is 3.19. The fourth-order valence-electron chi connectivity index (χ4n) is 3.96. The first-order chi connectivity index (χ1) is 17.5. The summed E-state index contributed by atoms with van der Waals surface area (Å²) < 4.78 is 5.79. The van der Waals surface area contributed by atoms with Crippen molar-refractivity contribution in [3.63, 3.8) is 0 Å². The predicted octanol–water partition coefficient (Wildman–Crippen LogP) is 5.71. The zero-order chi connectivity index (χ0) is 25.8. The molecule has 0 radical (unpaired) electrons. The molecular weight excluding hydrogens is 448 g/mol. The minimum absolute atomic E-state index is 0.0337. The van der Waals surface area contributed by atoms with Crippen LogP contribution in [0.1, 0.15) is 49.8 Å². The van der Waals surface area contributed by atoms with Crippen LogP contribution in [0.4, 0.5) is 0 Å². The maximum absolute atomic E-state index is 13.6. The molecular formula is C31H38N2O3. The van der Waals surface area contributed by atoms with Gasteiger partial charge in [-0.15, -0.1) is 0 Å². The molecule has 5 heteroatoms. The van der Waals surface area contributed by atoms with Crippen molar-refractivity contribution in [2.24, 2.45) is 0 Å². The monoisotopic (exact) mass is 486 g/mol. The van der Waals surface area contributed by atoms with Crippen molar-refractivity contribution in [1.29, 1.82) is 0 Å². The van der Waals surface area contributed by atoms with Gasteiger partial charge in [0.2, 0.25) is 11.8 Å². The summed E-state index contributed by atoms with van der Waals surface area (Å²) in [7, 11) is 0. The number of amides is 2. The van der Waals surface area contributed by atoms with E-state index >= 15 is 0 Å². The predicted molar refractivity (Wildman–Crippen MR) is 145 cm³/mol. The highest BCUT2D eigenvalue weighted by atomic mass is 16.5. The lowest BCUT2D eigenvalue weighted by molar-refractivity contribution is -0.141. The Morgan fingerprint density at radius 1 is 0.889 bits per heavy atom. The number of carbonyl (C=O) groups excluding carboxylic acids is 2. The summed E-state index contributed by atoms with van der Waals surface area (Å²) in [6, 6.07) is 27.1. The van der Waals surface area contributed by atoms with Gasteiger partial charge in [-0.3, -0.25) is 9.59 Å². The first kappa shape index (κ1) is 27.0. The second kappa shape index (κ2) is 14.1. The van der Waals surface area contributed by atoms with E-state index < -0.39 is 6.04 Å². The molecule has 0 aliphatic heterocycles. The molecule has 0 aliphatic carbocycles. The molecule has 0 heterocycles. The van der Waals surface area contributed by atoms with Crippen LogP contribution in [-0.2, 0) is 22.6 Å². The molecule has 0 spiro atoms. The van der Waals surface area contributed by atoms with E-state index in [-0.39, 0.29) is 17.9 Å². The van der Waals surface area contributed by atoms with Gasteiger partial charge in [-0.2, -0.15) is 0 Å². The molecule has 2 amide bonds. The summed E-state index contributed by atoms with van der Waals surface area (Å²) in [4.78, 5) is 28.8. The third-order valence-corrected chi connectivity index (χ3v) is 6.29. The van der Waals surface area contributed by atoms with E-state index in [2.05, 4.69) is 5.32 Å². The third-order valence-electron chi connectivity index (χ3n) is 6.29. The van der Waals surface area contributed by atoms with Crippen LogP contribution >= 0.6 is 0 Å². The summed E-state index contributed by atoms with van der Waals surface area (Å²) >= 11 is 0. The number of hydrogen-bond acceptors (Lipinski definition) is 3. The standard InChI is InChI=1S/C31H38N2O3/c1-4-25(3)32-31(35)29(22-26-12-7-5-8-13-26)33(23-27-19-17-24(2)18-20-27)30(34)16-11-21-36-28-14-9-6-10-15-28/h5-10,12-15,17-20,25,29H,4,11,16,21-23H2,1-3H3,(H,32,35). The van der Waals surface area contributed by atoms with E-state index in [1.807, 2.05) is 106 Å². The normalized spacial score (nSPS) is 12.4. The highest BCUT2D eigenvalue weighted by Crippen LogP contribution is 2.18. The minimum Gasteiger partial charge on any atom is -0.494 e. The van der Waals surface area contributed by atoms with Gasteiger partial charge >= 0.3 is 0 Å². The summed E-state index contributed by atoms with van der Waals surface area (Å²) in [5.74, 6) is 0.623. The second-order valence-electron chi connectivity index (χ2n) is 9.30. The van der Waals surface area contributed by atoms with Gasteiger partial charge in [0.05, 0.1) is 6.61 Å². The number of rotatable bonds is 13. The molecule has 0 aromatic heterocycles. The Morgan fingerprint density at radius 3 is 2.17 bits per heavy atom. The molecule has 5 nitrogen and oxygen atoms in total. The van der Waals surface area contributed by atoms with Gasteiger partial charge in [0.25, 0.3) is 0 Å². The molecule has 190 valence electrons. The lowest BCUT2D eigenvalue weighted by Crippen LogP contribution is -2.52. The number of nitrogens with zero attached hydrogens (tertiary/aromatic N) is 1. The molecule has 0 bridgehead atoms. The Labute approximate surface area is 215 Å². The highest BCUT2D eigenvalue weighted by molar-refractivity contribution is 5.88. The van der Waals surface area contributed by atoms with E-state index in [0.29, 0.717) is 32.4 Å². The molecule has 0 saturated heterocycles. The van der Waals surface area contributed by atoms with E-state index in [9.17, 15) is 9.59 Å². The molecule has 2 unspecified atom stereocenters. The molecule has 2 atom stereocenters. The van der Waals surface area contributed by atoms with Crippen LogP contribution in [0.15, 0.2) is 84.9 Å². The Hall–Kier alpha value is -3.60. The maximum Gasteiger partial charge on any atom is 0.243 e. The zero-order valence-electron chi connectivity index (χ0n) is 21.7. The number of carbonyl (C=O) groups is 2. The van der Waals surface area contributed by atoms with Crippen molar-refractivity contribution in [3.8, 4) is 5.75 Å². The molecule has 0 aliphatic rings. The third kappa shape index (κ3) is 8.56. The summed E-state index contributed by atoms with van der Waals surface area (Å²) in [5, 5.41) is 3.11. The van der Waals surface area contributed by atoms with E-state index in [1.54, 1.807) is 4.90 Å². The van der Waals surface area contributed by atoms with Crippen LogP contribution in [0, 0.1) is 6.92 Å². The van der Waals surface area contributed by atoms with Crippen LogP contribution in [0.25, 0.3) is 0 Å². The van der Waals surface area contributed by atoms with Gasteiger partial charge in [0, 0.05) is 25.4 Å². The smallest absolute Gasteiger partial charge is 0.243 e. The van der Waals surface area contributed by atoms with Gasteiger partial charge in [-0.25, -0.2) is 0 Å². The Morgan fingerprint density at radius 2 is 1.53 bits per heavy atom. The summed E-state index contributed by atoms with van der Waals surface area (Å²) in [6.45, 7) is 6.89. The van der Waals surface area contributed by atoms with Crippen LogP contribution < -0.4 is 10.1 Å². The number of para-hydroxylation sites is 1. The number of nitrogens with one attached hydrogen (secondary N) is 1. The van der Waals surface area contributed by atoms with Crippen LogP contribution in [0.3, 0.4) is 0 Å². The molecule has 3 aromatic carbocycles. The van der Waals surface area contributed by atoms with Crippen molar-refractivity contribution in [2.75, 3.05) is 6.61 Å². The average Bonchev–Trinajstić information content (AvgIpc) is 2.90. The lowest BCUT2D eigenvalue weighted by Gasteiger charge is -2.32. The first-order valence-corrected chi connectivity index (χ1v) is 12.8. The van der Waals surface area contributed by atoms with E-state index in [4.69, 9.17) is 4.74 Å². The van der Waals surface area contributed by atoms with Crippen LogP contribution in [-0.4, -0.2) is 35.4 Å². The molecule has 3 rings (SSSR count). The van der Waals surface area contributed by atoms with Gasteiger partial charge < -0.3 is 15.0 Å². The largest absolute Gasteiger partial charge is 0.494 e. The first-order valence-electron chi connectivity index (χ1n) is 12.8. The lowest BCUT2D eigenvalue weighted by atomic mass is 10.0. The number of hydrogen-bond donors (Lipinski definition) is 1. The molecule has 36 heavy (non-hydrogen) atoms. The second-order valence-corrected chi connectivity index (χ2v) is 9.30. The fourth-order valence-corrected chi connectivity index (χ4v) is 3.96. The Kier molecular flexibility index (Phi) is 10.6. The minimum atomic E-state index is -0.606. The van der Waals surface area contributed by atoms with Crippen molar-refractivity contribution in [3.05, 3.63) is 102 Å².